The highest BCUT2D eigenvalue weighted by atomic mass is 19.1. The summed E-state index contributed by atoms with van der Waals surface area (Å²) in [5.41, 5.74) is 1.73. The maximum atomic E-state index is 13.0. The molecule has 2 aromatic carbocycles. The summed E-state index contributed by atoms with van der Waals surface area (Å²) in [7, 11) is 0. The van der Waals surface area contributed by atoms with Crippen molar-refractivity contribution in [2.45, 2.75) is 12.8 Å². The van der Waals surface area contributed by atoms with Crippen LogP contribution in [0.4, 0.5) is 4.39 Å². The molecule has 1 amide bonds. The van der Waals surface area contributed by atoms with Gasteiger partial charge >= 0.3 is 0 Å². The van der Waals surface area contributed by atoms with E-state index in [0.29, 0.717) is 18.5 Å². The molecular weight excluding hydrogens is 285 g/mol. The van der Waals surface area contributed by atoms with Gasteiger partial charge in [0.25, 0.3) is 0 Å². The van der Waals surface area contributed by atoms with Crippen LogP contribution in [0.1, 0.15) is 11.1 Å². The second-order valence-corrected chi connectivity index (χ2v) is 5.09. The molecule has 0 aromatic heterocycles. The maximum absolute atomic E-state index is 13.0. The van der Waals surface area contributed by atoms with Gasteiger partial charge in [0.15, 0.2) is 11.5 Å². The summed E-state index contributed by atoms with van der Waals surface area (Å²) >= 11 is 0. The summed E-state index contributed by atoms with van der Waals surface area (Å²) in [5.74, 6) is 1.04. The lowest BCUT2D eigenvalue weighted by Gasteiger charge is -2.06. The molecule has 0 saturated heterocycles. The lowest BCUT2D eigenvalue weighted by molar-refractivity contribution is -0.120. The molecule has 0 aliphatic carbocycles. The minimum absolute atomic E-state index is 0.119. The summed E-state index contributed by atoms with van der Waals surface area (Å²) in [4.78, 5) is 11.8. The molecule has 0 bridgehead atoms. The molecule has 1 heterocycles. The van der Waals surface area contributed by atoms with Crippen molar-refractivity contribution in [3.05, 3.63) is 59.4 Å². The van der Waals surface area contributed by atoms with E-state index in [0.717, 1.165) is 17.1 Å². The number of ether oxygens (including phenoxy) is 2. The Balaban J connectivity index is 1.47. The molecule has 1 aliphatic rings. The Bertz CT molecular complexity index is 687. The molecule has 3 rings (SSSR count). The van der Waals surface area contributed by atoms with Crippen LogP contribution < -0.4 is 14.8 Å². The fourth-order valence-corrected chi connectivity index (χ4v) is 2.34. The first kappa shape index (κ1) is 14.4. The molecular formula is C17H16FNO3. The average molecular weight is 301 g/mol. The van der Waals surface area contributed by atoms with Crippen molar-refractivity contribution in [1.82, 2.24) is 5.32 Å². The summed E-state index contributed by atoms with van der Waals surface area (Å²) in [5, 5.41) is 2.83. The van der Waals surface area contributed by atoms with Crippen LogP contribution >= 0.6 is 0 Å². The van der Waals surface area contributed by atoms with Gasteiger partial charge in [-0.15, -0.1) is 0 Å². The zero-order valence-corrected chi connectivity index (χ0v) is 12.0. The first-order valence-corrected chi connectivity index (χ1v) is 7.10. The van der Waals surface area contributed by atoms with Gasteiger partial charge in [0.1, 0.15) is 5.82 Å². The van der Waals surface area contributed by atoms with Crippen molar-refractivity contribution in [3.63, 3.8) is 0 Å². The second-order valence-electron chi connectivity index (χ2n) is 5.09. The maximum Gasteiger partial charge on any atom is 0.231 e. The standard InChI is InChI=1S/C17H16FNO3/c18-14-3-1-2-13(8-14)10-17(20)19-7-6-12-4-5-15-16(9-12)22-11-21-15/h1-5,8-9H,6-7,10-11H2,(H,19,20). The van der Waals surface area contributed by atoms with Crippen molar-refractivity contribution in [2.75, 3.05) is 13.3 Å². The van der Waals surface area contributed by atoms with Gasteiger partial charge in [0, 0.05) is 6.54 Å². The number of halogens is 1. The topological polar surface area (TPSA) is 47.6 Å². The van der Waals surface area contributed by atoms with E-state index in [2.05, 4.69) is 5.32 Å². The lowest BCUT2D eigenvalue weighted by atomic mass is 10.1. The molecule has 0 saturated carbocycles. The number of benzene rings is 2. The number of carbonyl (C=O) groups excluding carboxylic acids is 1. The van der Waals surface area contributed by atoms with Crippen molar-refractivity contribution >= 4 is 5.91 Å². The minimum atomic E-state index is -0.328. The van der Waals surface area contributed by atoms with Gasteiger partial charge in [-0.05, 0) is 41.8 Å². The first-order valence-electron chi connectivity index (χ1n) is 7.10. The number of hydrogen-bond donors (Lipinski definition) is 1. The lowest BCUT2D eigenvalue weighted by Crippen LogP contribution is -2.27. The van der Waals surface area contributed by atoms with Crippen LogP contribution in [0.25, 0.3) is 0 Å². The van der Waals surface area contributed by atoms with Gasteiger partial charge in [0.2, 0.25) is 12.7 Å². The van der Waals surface area contributed by atoms with Crippen LogP contribution in [0.5, 0.6) is 11.5 Å². The third kappa shape index (κ3) is 3.55. The van der Waals surface area contributed by atoms with Gasteiger partial charge in [-0.1, -0.05) is 18.2 Å². The van der Waals surface area contributed by atoms with Crippen LogP contribution in [0.2, 0.25) is 0 Å². The molecule has 2 aromatic rings. The molecule has 0 fully saturated rings. The highest BCUT2D eigenvalue weighted by molar-refractivity contribution is 5.78. The van der Waals surface area contributed by atoms with Crippen LogP contribution in [-0.4, -0.2) is 19.2 Å². The molecule has 0 radical (unpaired) electrons. The predicted molar refractivity (Wildman–Crippen MR) is 79.4 cm³/mol. The van der Waals surface area contributed by atoms with Crippen molar-refractivity contribution in [2.24, 2.45) is 0 Å². The smallest absolute Gasteiger partial charge is 0.231 e. The van der Waals surface area contributed by atoms with E-state index >= 15 is 0 Å². The van der Waals surface area contributed by atoms with Crippen molar-refractivity contribution in [3.8, 4) is 11.5 Å². The number of fused-ring (bicyclic) bond motifs is 1. The summed E-state index contributed by atoms with van der Waals surface area (Å²) in [6, 6.07) is 11.8. The molecule has 0 atom stereocenters. The highest BCUT2D eigenvalue weighted by Gasteiger charge is 2.13. The van der Waals surface area contributed by atoms with Gasteiger partial charge < -0.3 is 14.8 Å². The van der Waals surface area contributed by atoms with Crippen LogP contribution in [0.3, 0.4) is 0 Å². The molecule has 4 nitrogen and oxygen atoms in total. The fourth-order valence-electron chi connectivity index (χ4n) is 2.34. The van der Waals surface area contributed by atoms with Crippen LogP contribution in [-0.2, 0) is 17.6 Å². The average Bonchev–Trinajstić information content (AvgIpc) is 2.95. The zero-order chi connectivity index (χ0) is 15.4. The molecule has 1 aliphatic heterocycles. The van der Waals surface area contributed by atoms with Gasteiger partial charge in [-0.3, -0.25) is 4.79 Å². The SMILES string of the molecule is O=C(Cc1cccc(F)c1)NCCc1ccc2c(c1)OCO2. The van der Waals surface area contributed by atoms with E-state index < -0.39 is 0 Å². The number of carbonyl (C=O) groups is 1. The van der Waals surface area contributed by atoms with E-state index in [-0.39, 0.29) is 24.9 Å². The Morgan fingerprint density at radius 3 is 2.82 bits per heavy atom. The normalized spacial score (nSPS) is 12.2. The molecule has 0 spiro atoms. The molecule has 0 unspecified atom stereocenters. The van der Waals surface area contributed by atoms with Gasteiger partial charge in [-0.25, -0.2) is 4.39 Å². The summed E-state index contributed by atoms with van der Waals surface area (Å²) in [6.45, 7) is 0.775. The van der Waals surface area contributed by atoms with Crippen LogP contribution in [0.15, 0.2) is 42.5 Å². The monoisotopic (exact) mass is 301 g/mol. The predicted octanol–water partition coefficient (Wildman–Crippen LogP) is 2.46. The van der Waals surface area contributed by atoms with E-state index in [1.165, 1.54) is 12.1 Å². The third-order valence-electron chi connectivity index (χ3n) is 3.43. The molecule has 22 heavy (non-hydrogen) atoms. The quantitative estimate of drug-likeness (QED) is 0.923. The largest absolute Gasteiger partial charge is 0.454 e. The van der Waals surface area contributed by atoms with Gasteiger partial charge in [-0.2, -0.15) is 0 Å². The van der Waals surface area contributed by atoms with E-state index in [9.17, 15) is 9.18 Å². The van der Waals surface area contributed by atoms with Crippen LogP contribution in [0, 0.1) is 5.82 Å². The Labute approximate surface area is 127 Å². The first-order chi connectivity index (χ1) is 10.7. The Morgan fingerprint density at radius 2 is 1.95 bits per heavy atom. The zero-order valence-electron chi connectivity index (χ0n) is 12.0. The Kier molecular flexibility index (Phi) is 4.23. The Morgan fingerprint density at radius 1 is 1.09 bits per heavy atom. The third-order valence-corrected chi connectivity index (χ3v) is 3.43. The minimum Gasteiger partial charge on any atom is -0.454 e. The summed E-state index contributed by atoms with van der Waals surface area (Å²) < 4.78 is 23.6. The summed E-state index contributed by atoms with van der Waals surface area (Å²) in [6.07, 6.45) is 0.879. The van der Waals surface area contributed by atoms with Crippen molar-refractivity contribution < 1.29 is 18.7 Å². The van der Waals surface area contributed by atoms with Gasteiger partial charge in [0.05, 0.1) is 6.42 Å². The number of amides is 1. The molecule has 1 N–H and O–H groups in total. The van der Waals surface area contributed by atoms with E-state index in [1.807, 2.05) is 18.2 Å². The second kappa shape index (κ2) is 6.47. The van der Waals surface area contributed by atoms with Crippen molar-refractivity contribution in [1.29, 1.82) is 0 Å². The number of rotatable bonds is 5. The highest BCUT2D eigenvalue weighted by Crippen LogP contribution is 2.32. The van der Waals surface area contributed by atoms with E-state index in [1.54, 1.807) is 12.1 Å². The molecule has 5 heteroatoms. The fraction of sp³-hybridized carbons (Fsp3) is 0.235. The number of nitrogens with one attached hydrogen (secondary N) is 1. The number of hydrogen-bond acceptors (Lipinski definition) is 3. The van der Waals surface area contributed by atoms with E-state index in [4.69, 9.17) is 9.47 Å². The molecule has 114 valence electrons. The Hall–Kier alpha value is -2.56.